The lowest BCUT2D eigenvalue weighted by Crippen LogP contribution is -2.26. The maximum absolute atomic E-state index is 13.0. The fourth-order valence-electron chi connectivity index (χ4n) is 1.77. The van der Waals surface area contributed by atoms with E-state index in [1.54, 1.807) is 0 Å². The number of amides is 1. The van der Waals surface area contributed by atoms with Crippen molar-refractivity contribution < 1.29 is 9.18 Å². The topological polar surface area (TPSA) is 29.1 Å². The third kappa shape index (κ3) is 3.41. The number of benzene rings is 2. The lowest BCUT2D eigenvalue weighted by Gasteiger charge is -2.15. The molecular weight excluding hydrogens is 309 g/mol. The molecule has 98 valence electrons. The molecule has 1 N–H and O–H groups in total. The Bertz CT molecular complexity index is 586. The van der Waals surface area contributed by atoms with Crippen LogP contribution in [0.25, 0.3) is 0 Å². The van der Waals surface area contributed by atoms with Gasteiger partial charge < -0.3 is 5.32 Å². The van der Waals surface area contributed by atoms with Gasteiger partial charge in [-0.3, -0.25) is 4.79 Å². The third-order valence-electron chi connectivity index (χ3n) is 2.82. The summed E-state index contributed by atoms with van der Waals surface area (Å²) in [5, 5.41) is 2.88. The van der Waals surface area contributed by atoms with Gasteiger partial charge in [0.2, 0.25) is 0 Å². The Morgan fingerprint density at radius 2 is 1.89 bits per heavy atom. The Labute approximate surface area is 119 Å². The van der Waals surface area contributed by atoms with Crippen LogP contribution in [0.2, 0.25) is 0 Å². The number of hydrogen-bond acceptors (Lipinski definition) is 1. The zero-order valence-corrected chi connectivity index (χ0v) is 11.9. The summed E-state index contributed by atoms with van der Waals surface area (Å²) in [5.74, 6) is -0.609. The second-order valence-corrected chi connectivity index (χ2v) is 5.08. The summed E-state index contributed by atoms with van der Waals surface area (Å²) in [7, 11) is 0. The van der Waals surface area contributed by atoms with Gasteiger partial charge in [0, 0.05) is 4.47 Å². The molecule has 1 amide bonds. The largest absolute Gasteiger partial charge is 0.345 e. The van der Waals surface area contributed by atoms with Gasteiger partial charge in [-0.2, -0.15) is 0 Å². The zero-order valence-electron chi connectivity index (χ0n) is 10.4. The average Bonchev–Trinajstić information content (AvgIpc) is 2.39. The Morgan fingerprint density at radius 1 is 1.21 bits per heavy atom. The van der Waals surface area contributed by atoms with Gasteiger partial charge in [-0.05, 0) is 46.6 Å². The molecule has 0 aromatic heterocycles. The highest BCUT2D eigenvalue weighted by molar-refractivity contribution is 9.10. The molecule has 0 aliphatic carbocycles. The van der Waals surface area contributed by atoms with Crippen LogP contribution < -0.4 is 5.32 Å². The lowest BCUT2D eigenvalue weighted by atomic mass is 10.1. The SMILES string of the molecule is C[C@H](NC(=O)c1ccc(F)cc1Br)c1ccccc1. The molecule has 0 aliphatic rings. The van der Waals surface area contributed by atoms with E-state index in [0.29, 0.717) is 10.0 Å². The summed E-state index contributed by atoms with van der Waals surface area (Å²) < 4.78 is 13.4. The van der Waals surface area contributed by atoms with Crippen molar-refractivity contribution in [3.63, 3.8) is 0 Å². The Balaban J connectivity index is 2.13. The summed E-state index contributed by atoms with van der Waals surface area (Å²) in [6.45, 7) is 1.91. The number of carbonyl (C=O) groups is 1. The second kappa shape index (κ2) is 5.97. The summed E-state index contributed by atoms with van der Waals surface area (Å²) in [5.41, 5.74) is 1.44. The molecule has 4 heteroatoms. The molecule has 0 saturated heterocycles. The monoisotopic (exact) mass is 321 g/mol. The van der Waals surface area contributed by atoms with Gasteiger partial charge in [0.15, 0.2) is 0 Å². The molecule has 2 aromatic rings. The minimum Gasteiger partial charge on any atom is -0.345 e. The highest BCUT2D eigenvalue weighted by Crippen LogP contribution is 2.19. The first-order chi connectivity index (χ1) is 9.08. The van der Waals surface area contributed by atoms with E-state index in [9.17, 15) is 9.18 Å². The summed E-state index contributed by atoms with van der Waals surface area (Å²) in [4.78, 5) is 12.1. The van der Waals surface area contributed by atoms with Crippen molar-refractivity contribution in [1.82, 2.24) is 5.32 Å². The minimum absolute atomic E-state index is 0.106. The minimum atomic E-state index is -0.375. The van der Waals surface area contributed by atoms with Gasteiger partial charge in [-0.1, -0.05) is 30.3 Å². The number of halogens is 2. The van der Waals surface area contributed by atoms with Crippen molar-refractivity contribution in [3.8, 4) is 0 Å². The predicted octanol–water partition coefficient (Wildman–Crippen LogP) is 4.08. The van der Waals surface area contributed by atoms with Gasteiger partial charge in [-0.25, -0.2) is 4.39 Å². The quantitative estimate of drug-likeness (QED) is 0.906. The maximum atomic E-state index is 13.0. The van der Waals surface area contributed by atoms with Crippen molar-refractivity contribution in [2.45, 2.75) is 13.0 Å². The Kier molecular flexibility index (Phi) is 4.32. The van der Waals surface area contributed by atoms with Crippen LogP contribution in [-0.2, 0) is 0 Å². The fraction of sp³-hybridized carbons (Fsp3) is 0.133. The molecule has 2 nitrogen and oxygen atoms in total. The van der Waals surface area contributed by atoms with E-state index < -0.39 is 0 Å². The summed E-state index contributed by atoms with van der Waals surface area (Å²) in [6.07, 6.45) is 0. The van der Waals surface area contributed by atoms with E-state index in [-0.39, 0.29) is 17.8 Å². The van der Waals surface area contributed by atoms with Crippen LogP contribution in [0.5, 0.6) is 0 Å². The van der Waals surface area contributed by atoms with E-state index in [1.807, 2.05) is 37.3 Å². The molecular formula is C15H13BrFNO. The molecule has 0 saturated carbocycles. The first kappa shape index (κ1) is 13.7. The molecule has 0 bridgehead atoms. The summed E-state index contributed by atoms with van der Waals surface area (Å²) >= 11 is 3.19. The molecule has 0 aliphatic heterocycles. The lowest BCUT2D eigenvalue weighted by molar-refractivity contribution is 0.0939. The maximum Gasteiger partial charge on any atom is 0.252 e. The number of nitrogens with one attached hydrogen (secondary N) is 1. The molecule has 2 aromatic carbocycles. The van der Waals surface area contributed by atoms with E-state index in [0.717, 1.165) is 5.56 Å². The average molecular weight is 322 g/mol. The molecule has 1 atom stereocenters. The van der Waals surface area contributed by atoms with Crippen LogP contribution in [0.1, 0.15) is 28.9 Å². The van der Waals surface area contributed by atoms with Gasteiger partial charge in [0.05, 0.1) is 11.6 Å². The molecule has 2 rings (SSSR count). The number of carbonyl (C=O) groups excluding carboxylic acids is 1. The van der Waals surface area contributed by atoms with Crippen molar-refractivity contribution in [2.75, 3.05) is 0 Å². The second-order valence-electron chi connectivity index (χ2n) is 4.23. The van der Waals surface area contributed by atoms with Crippen LogP contribution in [0.3, 0.4) is 0 Å². The predicted molar refractivity (Wildman–Crippen MR) is 76.4 cm³/mol. The fourth-order valence-corrected chi connectivity index (χ4v) is 2.30. The highest BCUT2D eigenvalue weighted by Gasteiger charge is 2.14. The van der Waals surface area contributed by atoms with E-state index in [4.69, 9.17) is 0 Å². The molecule has 0 fully saturated rings. The van der Waals surface area contributed by atoms with Crippen molar-refractivity contribution in [2.24, 2.45) is 0 Å². The standard InChI is InChI=1S/C15H13BrFNO/c1-10(11-5-3-2-4-6-11)18-15(19)13-8-7-12(17)9-14(13)16/h2-10H,1H3,(H,18,19)/t10-/m0/s1. The van der Waals surface area contributed by atoms with Crippen molar-refractivity contribution in [1.29, 1.82) is 0 Å². The van der Waals surface area contributed by atoms with E-state index in [2.05, 4.69) is 21.2 Å². The van der Waals surface area contributed by atoms with Crippen LogP contribution in [0.4, 0.5) is 4.39 Å². The summed E-state index contributed by atoms with van der Waals surface area (Å²) in [6, 6.07) is 13.6. The van der Waals surface area contributed by atoms with E-state index in [1.165, 1.54) is 18.2 Å². The zero-order chi connectivity index (χ0) is 13.8. The normalized spacial score (nSPS) is 11.9. The number of hydrogen-bond donors (Lipinski definition) is 1. The van der Waals surface area contributed by atoms with Crippen LogP contribution in [0, 0.1) is 5.82 Å². The van der Waals surface area contributed by atoms with E-state index >= 15 is 0 Å². The Hall–Kier alpha value is -1.68. The van der Waals surface area contributed by atoms with Crippen molar-refractivity contribution >= 4 is 21.8 Å². The van der Waals surface area contributed by atoms with Crippen molar-refractivity contribution in [3.05, 3.63) is 69.9 Å². The van der Waals surface area contributed by atoms with Gasteiger partial charge in [0.25, 0.3) is 5.91 Å². The molecule has 0 unspecified atom stereocenters. The molecule has 0 spiro atoms. The van der Waals surface area contributed by atoms with Gasteiger partial charge in [0.1, 0.15) is 5.82 Å². The third-order valence-corrected chi connectivity index (χ3v) is 3.48. The smallest absolute Gasteiger partial charge is 0.252 e. The number of rotatable bonds is 3. The molecule has 0 heterocycles. The molecule has 0 radical (unpaired) electrons. The first-order valence-electron chi connectivity index (χ1n) is 5.89. The van der Waals surface area contributed by atoms with Gasteiger partial charge in [-0.15, -0.1) is 0 Å². The van der Waals surface area contributed by atoms with Crippen LogP contribution in [-0.4, -0.2) is 5.91 Å². The Morgan fingerprint density at radius 3 is 2.53 bits per heavy atom. The molecule has 19 heavy (non-hydrogen) atoms. The van der Waals surface area contributed by atoms with Crippen LogP contribution in [0.15, 0.2) is 53.0 Å². The first-order valence-corrected chi connectivity index (χ1v) is 6.68. The van der Waals surface area contributed by atoms with Gasteiger partial charge >= 0.3 is 0 Å². The van der Waals surface area contributed by atoms with Crippen LogP contribution >= 0.6 is 15.9 Å². The highest BCUT2D eigenvalue weighted by atomic mass is 79.9.